The van der Waals surface area contributed by atoms with E-state index >= 15 is 0 Å². The molecule has 1 unspecified atom stereocenters. The third-order valence-corrected chi connectivity index (χ3v) is 2.77. The number of hydrogen-bond donors (Lipinski definition) is 0. The molecule has 0 aromatic carbocycles. The Labute approximate surface area is 80.7 Å². The fraction of sp³-hybridized carbons (Fsp3) is 0.900. The quantitative estimate of drug-likeness (QED) is 0.598. The van der Waals surface area contributed by atoms with Crippen molar-refractivity contribution in [3.8, 4) is 0 Å². The van der Waals surface area contributed by atoms with Crippen molar-refractivity contribution in [2.75, 3.05) is 33.7 Å². The van der Waals surface area contributed by atoms with E-state index in [0.29, 0.717) is 12.5 Å². The highest BCUT2D eigenvalue weighted by molar-refractivity contribution is 5.49. The SMILES string of the molecule is CN(C)C1CCCN(CCC=O)C1. The molecule has 0 radical (unpaired) electrons. The Kier molecular flexibility index (Phi) is 4.39. The van der Waals surface area contributed by atoms with Crippen molar-refractivity contribution < 1.29 is 4.79 Å². The first-order valence-corrected chi connectivity index (χ1v) is 5.06. The summed E-state index contributed by atoms with van der Waals surface area (Å²) in [6.45, 7) is 3.23. The van der Waals surface area contributed by atoms with Crippen molar-refractivity contribution in [2.45, 2.75) is 25.3 Å². The number of nitrogens with zero attached hydrogens (tertiary/aromatic N) is 2. The van der Waals surface area contributed by atoms with Crippen molar-refractivity contribution in [3.05, 3.63) is 0 Å². The molecule has 0 aliphatic carbocycles. The van der Waals surface area contributed by atoms with Crippen LogP contribution in [-0.2, 0) is 4.79 Å². The molecule has 1 rings (SSSR count). The van der Waals surface area contributed by atoms with E-state index in [1.165, 1.54) is 12.8 Å². The molecular weight excluding hydrogens is 164 g/mol. The first kappa shape index (κ1) is 10.7. The molecule has 1 aliphatic rings. The number of likely N-dealkylation sites (N-methyl/N-ethyl adjacent to an activating group) is 1. The van der Waals surface area contributed by atoms with Crippen LogP contribution in [0.2, 0.25) is 0 Å². The summed E-state index contributed by atoms with van der Waals surface area (Å²) in [5.74, 6) is 0. The Morgan fingerprint density at radius 1 is 1.54 bits per heavy atom. The summed E-state index contributed by atoms with van der Waals surface area (Å²) in [7, 11) is 4.27. The topological polar surface area (TPSA) is 23.6 Å². The molecule has 3 nitrogen and oxygen atoms in total. The van der Waals surface area contributed by atoms with Gasteiger partial charge >= 0.3 is 0 Å². The Bertz CT molecular complexity index is 159. The molecule has 0 saturated carbocycles. The van der Waals surface area contributed by atoms with Gasteiger partial charge in [0.05, 0.1) is 0 Å². The van der Waals surface area contributed by atoms with Crippen LogP contribution in [0.5, 0.6) is 0 Å². The molecular formula is C10H20N2O. The summed E-state index contributed by atoms with van der Waals surface area (Å²) in [5, 5.41) is 0. The van der Waals surface area contributed by atoms with E-state index < -0.39 is 0 Å². The average Bonchev–Trinajstić information content (AvgIpc) is 2.15. The molecule has 0 spiro atoms. The van der Waals surface area contributed by atoms with Gasteiger partial charge in [0.2, 0.25) is 0 Å². The normalized spacial score (nSPS) is 25.0. The standard InChI is InChI=1S/C10H20N2O/c1-11(2)10-5-3-6-12(9-10)7-4-8-13/h8,10H,3-7,9H2,1-2H3. The van der Waals surface area contributed by atoms with Gasteiger partial charge in [0.25, 0.3) is 0 Å². The molecule has 0 aromatic rings. The predicted octanol–water partition coefficient (Wildman–Crippen LogP) is 0.601. The van der Waals surface area contributed by atoms with Crippen LogP contribution in [0.15, 0.2) is 0 Å². The highest BCUT2D eigenvalue weighted by Gasteiger charge is 2.20. The van der Waals surface area contributed by atoms with E-state index in [0.717, 1.165) is 25.9 Å². The minimum absolute atomic E-state index is 0.681. The van der Waals surface area contributed by atoms with Crippen molar-refractivity contribution in [3.63, 3.8) is 0 Å². The summed E-state index contributed by atoms with van der Waals surface area (Å²) >= 11 is 0. The lowest BCUT2D eigenvalue weighted by Crippen LogP contribution is -2.45. The molecule has 3 heteroatoms. The smallest absolute Gasteiger partial charge is 0.121 e. The number of carbonyl (C=O) groups is 1. The summed E-state index contributed by atoms with van der Waals surface area (Å²) in [4.78, 5) is 14.9. The number of hydrogen-bond acceptors (Lipinski definition) is 3. The van der Waals surface area contributed by atoms with E-state index in [2.05, 4.69) is 23.9 Å². The fourth-order valence-electron chi connectivity index (χ4n) is 1.89. The first-order chi connectivity index (χ1) is 6.24. The zero-order valence-electron chi connectivity index (χ0n) is 8.70. The molecule has 0 aromatic heterocycles. The second kappa shape index (κ2) is 5.35. The zero-order chi connectivity index (χ0) is 9.68. The van der Waals surface area contributed by atoms with Gasteiger partial charge in [0.15, 0.2) is 0 Å². The van der Waals surface area contributed by atoms with Crippen LogP contribution < -0.4 is 0 Å². The maximum Gasteiger partial charge on any atom is 0.121 e. The second-order valence-electron chi connectivity index (χ2n) is 4.02. The molecule has 1 aliphatic heterocycles. The van der Waals surface area contributed by atoms with Gasteiger partial charge in [-0.05, 0) is 33.5 Å². The Balaban J connectivity index is 2.28. The van der Waals surface area contributed by atoms with Gasteiger partial charge in [-0.2, -0.15) is 0 Å². The lowest BCUT2D eigenvalue weighted by molar-refractivity contribution is -0.108. The fourth-order valence-corrected chi connectivity index (χ4v) is 1.89. The van der Waals surface area contributed by atoms with Gasteiger partial charge in [-0.15, -0.1) is 0 Å². The van der Waals surface area contributed by atoms with E-state index in [1.807, 2.05) is 0 Å². The van der Waals surface area contributed by atoms with Crippen molar-refractivity contribution in [1.29, 1.82) is 0 Å². The maximum absolute atomic E-state index is 10.2. The van der Waals surface area contributed by atoms with Crippen molar-refractivity contribution in [1.82, 2.24) is 9.80 Å². The van der Waals surface area contributed by atoms with Gasteiger partial charge in [-0.3, -0.25) is 0 Å². The van der Waals surface area contributed by atoms with Crippen LogP contribution in [0.3, 0.4) is 0 Å². The molecule has 13 heavy (non-hydrogen) atoms. The Morgan fingerprint density at radius 2 is 2.31 bits per heavy atom. The van der Waals surface area contributed by atoms with Gasteiger partial charge in [0, 0.05) is 25.6 Å². The van der Waals surface area contributed by atoms with Crippen LogP contribution in [0.1, 0.15) is 19.3 Å². The lowest BCUT2D eigenvalue weighted by atomic mass is 10.0. The monoisotopic (exact) mass is 184 g/mol. The number of carbonyl (C=O) groups excluding carboxylic acids is 1. The molecule has 1 fully saturated rings. The third-order valence-electron chi connectivity index (χ3n) is 2.77. The number of aldehydes is 1. The van der Waals surface area contributed by atoms with Crippen LogP contribution in [0.4, 0.5) is 0 Å². The molecule has 1 heterocycles. The first-order valence-electron chi connectivity index (χ1n) is 5.06. The van der Waals surface area contributed by atoms with Crippen LogP contribution in [-0.4, -0.2) is 55.9 Å². The summed E-state index contributed by atoms with van der Waals surface area (Å²) in [6.07, 6.45) is 4.26. The molecule has 0 amide bonds. The van der Waals surface area contributed by atoms with Crippen LogP contribution in [0, 0.1) is 0 Å². The molecule has 1 atom stereocenters. The zero-order valence-corrected chi connectivity index (χ0v) is 8.70. The minimum Gasteiger partial charge on any atom is -0.305 e. The van der Waals surface area contributed by atoms with Crippen molar-refractivity contribution >= 4 is 6.29 Å². The Morgan fingerprint density at radius 3 is 2.92 bits per heavy atom. The largest absolute Gasteiger partial charge is 0.305 e. The number of rotatable bonds is 4. The van der Waals surface area contributed by atoms with E-state index in [9.17, 15) is 4.79 Å². The van der Waals surface area contributed by atoms with Crippen LogP contribution in [0.25, 0.3) is 0 Å². The predicted molar refractivity (Wildman–Crippen MR) is 53.8 cm³/mol. The van der Waals surface area contributed by atoms with Gasteiger partial charge < -0.3 is 14.6 Å². The van der Waals surface area contributed by atoms with E-state index in [4.69, 9.17) is 0 Å². The Hall–Kier alpha value is -0.410. The highest BCUT2D eigenvalue weighted by Crippen LogP contribution is 2.13. The van der Waals surface area contributed by atoms with E-state index in [1.54, 1.807) is 0 Å². The summed E-state index contributed by atoms with van der Waals surface area (Å²) in [6, 6.07) is 0.681. The lowest BCUT2D eigenvalue weighted by Gasteiger charge is -2.35. The summed E-state index contributed by atoms with van der Waals surface area (Å²) < 4.78 is 0. The second-order valence-corrected chi connectivity index (χ2v) is 4.02. The summed E-state index contributed by atoms with van der Waals surface area (Å²) in [5.41, 5.74) is 0. The molecule has 1 saturated heterocycles. The average molecular weight is 184 g/mol. The number of likely N-dealkylation sites (tertiary alicyclic amines) is 1. The van der Waals surface area contributed by atoms with Gasteiger partial charge in [-0.1, -0.05) is 0 Å². The highest BCUT2D eigenvalue weighted by atomic mass is 16.1. The molecule has 76 valence electrons. The van der Waals surface area contributed by atoms with Gasteiger partial charge in [0.1, 0.15) is 6.29 Å². The molecule has 0 N–H and O–H groups in total. The maximum atomic E-state index is 10.2. The third kappa shape index (κ3) is 3.44. The van der Waals surface area contributed by atoms with E-state index in [-0.39, 0.29) is 0 Å². The number of piperidine rings is 1. The van der Waals surface area contributed by atoms with Crippen LogP contribution >= 0.6 is 0 Å². The van der Waals surface area contributed by atoms with Gasteiger partial charge in [-0.25, -0.2) is 0 Å². The molecule has 0 bridgehead atoms. The van der Waals surface area contributed by atoms with Crippen molar-refractivity contribution in [2.24, 2.45) is 0 Å². The minimum atomic E-state index is 0.681.